The first kappa shape index (κ1) is 26.4. The Kier molecular flexibility index (Phi) is 21.1. The Labute approximate surface area is 167 Å². The van der Waals surface area contributed by atoms with Gasteiger partial charge in [-0.1, -0.05) is 65.7 Å². The Bertz CT molecular complexity index is 307. The molecule has 0 aliphatic rings. The molecule has 0 N–H and O–H groups in total. The normalized spacial score (nSPS) is 11.3. The maximum absolute atomic E-state index is 11.6. The van der Waals surface area contributed by atoms with Crippen LogP contribution in [-0.4, -0.2) is 52.2 Å². The second kappa shape index (κ2) is 21.6. The van der Waals surface area contributed by atoms with Crippen LogP contribution in [0.5, 0.6) is 0 Å². The summed E-state index contributed by atoms with van der Waals surface area (Å²) in [6.45, 7) is 10.7. The SMILES string of the molecule is CCCCCCCCCCOC(=O)CCCOCCOCCOCC(C)C. The van der Waals surface area contributed by atoms with E-state index in [2.05, 4.69) is 20.8 Å². The van der Waals surface area contributed by atoms with E-state index >= 15 is 0 Å². The second-order valence-electron chi connectivity index (χ2n) is 7.49. The maximum atomic E-state index is 11.6. The highest BCUT2D eigenvalue weighted by Gasteiger charge is 2.02. The van der Waals surface area contributed by atoms with Crippen molar-refractivity contribution < 1.29 is 23.7 Å². The fourth-order valence-corrected chi connectivity index (χ4v) is 2.57. The molecule has 0 heterocycles. The topological polar surface area (TPSA) is 54.0 Å². The molecule has 0 aromatic rings. The first-order valence-electron chi connectivity index (χ1n) is 11.1. The van der Waals surface area contributed by atoms with Gasteiger partial charge < -0.3 is 18.9 Å². The van der Waals surface area contributed by atoms with E-state index in [-0.39, 0.29) is 5.97 Å². The maximum Gasteiger partial charge on any atom is 0.305 e. The molecule has 0 aromatic heterocycles. The van der Waals surface area contributed by atoms with Crippen LogP contribution in [-0.2, 0) is 23.7 Å². The molecule has 0 aliphatic heterocycles. The van der Waals surface area contributed by atoms with Crippen molar-refractivity contribution >= 4 is 5.97 Å². The zero-order valence-electron chi connectivity index (χ0n) is 18.1. The minimum atomic E-state index is -0.111. The van der Waals surface area contributed by atoms with Crippen LogP contribution < -0.4 is 0 Å². The largest absolute Gasteiger partial charge is 0.466 e. The van der Waals surface area contributed by atoms with Crippen LogP contribution in [0.25, 0.3) is 0 Å². The van der Waals surface area contributed by atoms with Gasteiger partial charge in [0.25, 0.3) is 0 Å². The smallest absolute Gasteiger partial charge is 0.305 e. The summed E-state index contributed by atoms with van der Waals surface area (Å²) in [5.74, 6) is 0.445. The molecule has 162 valence electrons. The number of ether oxygens (including phenoxy) is 4. The average Bonchev–Trinajstić information content (AvgIpc) is 2.64. The van der Waals surface area contributed by atoms with E-state index in [0.717, 1.165) is 19.4 Å². The van der Waals surface area contributed by atoms with Gasteiger partial charge in [-0.25, -0.2) is 0 Å². The van der Waals surface area contributed by atoms with Crippen molar-refractivity contribution in [2.75, 3.05) is 46.2 Å². The van der Waals surface area contributed by atoms with Gasteiger partial charge in [0.1, 0.15) is 0 Å². The van der Waals surface area contributed by atoms with Crippen LogP contribution in [0, 0.1) is 5.92 Å². The molecule has 0 amide bonds. The summed E-state index contributed by atoms with van der Waals surface area (Å²) in [5, 5.41) is 0. The molecule has 0 unspecified atom stereocenters. The molecule has 27 heavy (non-hydrogen) atoms. The molecule has 0 fully saturated rings. The summed E-state index contributed by atoms with van der Waals surface area (Å²) in [7, 11) is 0. The molecular formula is C22H44O5. The molecule has 5 nitrogen and oxygen atoms in total. The molecule has 0 rings (SSSR count). The molecule has 0 saturated heterocycles. The third kappa shape index (κ3) is 23.3. The molecule has 0 bridgehead atoms. The van der Waals surface area contributed by atoms with Crippen molar-refractivity contribution in [3.63, 3.8) is 0 Å². The summed E-state index contributed by atoms with van der Waals surface area (Å²) in [6, 6.07) is 0. The van der Waals surface area contributed by atoms with Crippen LogP contribution in [0.2, 0.25) is 0 Å². The summed E-state index contributed by atoms with van der Waals surface area (Å²) in [5.41, 5.74) is 0. The molecule has 5 heteroatoms. The van der Waals surface area contributed by atoms with Gasteiger partial charge >= 0.3 is 5.97 Å². The highest BCUT2D eigenvalue weighted by Crippen LogP contribution is 2.08. The van der Waals surface area contributed by atoms with Crippen molar-refractivity contribution in [2.24, 2.45) is 5.92 Å². The molecule has 0 aliphatic carbocycles. The van der Waals surface area contributed by atoms with Gasteiger partial charge in [-0.05, 0) is 18.8 Å². The minimum absolute atomic E-state index is 0.111. The molecule has 0 spiro atoms. The summed E-state index contributed by atoms with van der Waals surface area (Å²) in [6.07, 6.45) is 11.2. The van der Waals surface area contributed by atoms with Gasteiger partial charge in [0, 0.05) is 19.6 Å². The fourth-order valence-electron chi connectivity index (χ4n) is 2.57. The quantitative estimate of drug-likeness (QED) is 0.201. The van der Waals surface area contributed by atoms with Crippen molar-refractivity contribution in [1.82, 2.24) is 0 Å². The standard InChI is InChI=1S/C22H44O5/c1-4-5-6-7-8-9-10-11-15-27-22(23)13-12-14-24-16-17-25-18-19-26-20-21(2)3/h21H,4-20H2,1-3H3. The number of rotatable bonds is 21. The lowest BCUT2D eigenvalue weighted by Crippen LogP contribution is -2.12. The van der Waals surface area contributed by atoms with Crippen LogP contribution in [0.15, 0.2) is 0 Å². The number of unbranched alkanes of at least 4 members (excludes halogenated alkanes) is 7. The number of hydrogen-bond donors (Lipinski definition) is 0. The van der Waals surface area contributed by atoms with Crippen molar-refractivity contribution in [3.8, 4) is 0 Å². The first-order valence-corrected chi connectivity index (χ1v) is 11.1. The van der Waals surface area contributed by atoms with Crippen LogP contribution >= 0.6 is 0 Å². The van der Waals surface area contributed by atoms with E-state index in [4.69, 9.17) is 18.9 Å². The van der Waals surface area contributed by atoms with Gasteiger partial charge in [0.05, 0.1) is 33.0 Å². The van der Waals surface area contributed by atoms with Crippen LogP contribution in [0.3, 0.4) is 0 Å². The predicted molar refractivity (Wildman–Crippen MR) is 110 cm³/mol. The highest BCUT2D eigenvalue weighted by atomic mass is 16.5. The molecular weight excluding hydrogens is 344 g/mol. The molecule has 0 aromatic carbocycles. The Hall–Kier alpha value is -0.650. The number of carbonyl (C=O) groups excluding carboxylic acids is 1. The van der Waals surface area contributed by atoms with Crippen LogP contribution in [0.4, 0.5) is 0 Å². The van der Waals surface area contributed by atoms with E-state index in [0.29, 0.717) is 58.4 Å². The van der Waals surface area contributed by atoms with E-state index in [1.165, 1.54) is 38.5 Å². The Morgan fingerprint density at radius 2 is 1.22 bits per heavy atom. The van der Waals surface area contributed by atoms with E-state index in [9.17, 15) is 4.79 Å². The molecule has 0 atom stereocenters. The van der Waals surface area contributed by atoms with Gasteiger partial charge in [0.2, 0.25) is 0 Å². The van der Waals surface area contributed by atoms with Crippen molar-refractivity contribution in [3.05, 3.63) is 0 Å². The van der Waals surface area contributed by atoms with Gasteiger partial charge in [-0.3, -0.25) is 4.79 Å². The third-order valence-corrected chi connectivity index (χ3v) is 4.13. The highest BCUT2D eigenvalue weighted by molar-refractivity contribution is 5.69. The monoisotopic (exact) mass is 388 g/mol. The summed E-state index contributed by atoms with van der Waals surface area (Å²) in [4.78, 5) is 11.6. The molecule has 0 saturated carbocycles. The predicted octanol–water partition coefficient (Wildman–Crippen LogP) is 5.16. The molecule has 0 radical (unpaired) electrons. The average molecular weight is 389 g/mol. The van der Waals surface area contributed by atoms with Crippen molar-refractivity contribution in [1.29, 1.82) is 0 Å². The first-order chi connectivity index (χ1) is 13.2. The minimum Gasteiger partial charge on any atom is -0.466 e. The van der Waals surface area contributed by atoms with E-state index in [1.54, 1.807) is 0 Å². The van der Waals surface area contributed by atoms with Crippen LogP contribution in [0.1, 0.15) is 85.0 Å². The fraction of sp³-hybridized carbons (Fsp3) is 0.955. The summed E-state index contributed by atoms with van der Waals surface area (Å²) < 4.78 is 21.5. The Morgan fingerprint density at radius 1 is 0.667 bits per heavy atom. The Balaban J connectivity index is 3.15. The second-order valence-corrected chi connectivity index (χ2v) is 7.49. The summed E-state index contributed by atoms with van der Waals surface area (Å²) >= 11 is 0. The zero-order valence-corrected chi connectivity index (χ0v) is 18.1. The lowest BCUT2D eigenvalue weighted by Gasteiger charge is -2.08. The van der Waals surface area contributed by atoms with E-state index in [1.807, 2.05) is 0 Å². The van der Waals surface area contributed by atoms with Gasteiger partial charge in [-0.15, -0.1) is 0 Å². The zero-order chi connectivity index (χ0) is 20.0. The number of hydrogen-bond acceptors (Lipinski definition) is 5. The lowest BCUT2D eigenvalue weighted by molar-refractivity contribution is -0.144. The lowest BCUT2D eigenvalue weighted by atomic mass is 10.1. The number of carbonyl (C=O) groups is 1. The number of esters is 1. The van der Waals surface area contributed by atoms with Crippen molar-refractivity contribution in [2.45, 2.75) is 85.0 Å². The van der Waals surface area contributed by atoms with E-state index < -0.39 is 0 Å². The van der Waals surface area contributed by atoms with Gasteiger partial charge in [0.15, 0.2) is 0 Å². The van der Waals surface area contributed by atoms with Gasteiger partial charge in [-0.2, -0.15) is 0 Å². The third-order valence-electron chi connectivity index (χ3n) is 4.13. The Morgan fingerprint density at radius 3 is 1.85 bits per heavy atom.